The molecule has 0 radical (unpaired) electrons. The number of carbonyl (C=O) groups excluding carboxylic acids is 3. The minimum atomic E-state index is -0.840. The fourth-order valence-corrected chi connectivity index (χ4v) is 3.66. The number of rotatable bonds is 6. The molecule has 4 atom stereocenters. The molecule has 0 aromatic heterocycles. The van der Waals surface area contributed by atoms with Gasteiger partial charge in [-0.15, -0.1) is 0 Å². The lowest BCUT2D eigenvalue weighted by Gasteiger charge is -2.36. The van der Waals surface area contributed by atoms with Crippen LogP contribution in [0, 0.1) is 12.8 Å². The quantitative estimate of drug-likeness (QED) is 0.690. The first-order valence-corrected chi connectivity index (χ1v) is 11.3. The highest BCUT2D eigenvalue weighted by Crippen LogP contribution is 2.41. The lowest BCUT2D eigenvalue weighted by molar-refractivity contribution is -0.143. The van der Waals surface area contributed by atoms with E-state index in [4.69, 9.17) is 4.74 Å². The highest BCUT2D eigenvalue weighted by Gasteiger charge is 2.47. The molecule has 2 rings (SSSR count). The van der Waals surface area contributed by atoms with Crippen molar-refractivity contribution in [3.63, 3.8) is 0 Å². The van der Waals surface area contributed by atoms with Crippen LogP contribution in [0.1, 0.15) is 79.0 Å². The third kappa shape index (κ3) is 7.24. The molecule has 0 saturated heterocycles. The average Bonchev–Trinajstić information content (AvgIpc) is 3.31. The number of benzene rings is 1. The Balaban J connectivity index is 2.39. The van der Waals surface area contributed by atoms with E-state index in [2.05, 4.69) is 17.6 Å². The lowest BCUT2D eigenvalue weighted by atomic mass is 9.99. The molecule has 178 valence electrons. The van der Waals surface area contributed by atoms with Gasteiger partial charge < -0.3 is 20.3 Å². The topological polar surface area (TPSA) is 87.7 Å². The predicted molar refractivity (Wildman–Crippen MR) is 125 cm³/mol. The Kier molecular flexibility index (Phi) is 7.63. The van der Waals surface area contributed by atoms with E-state index in [1.165, 1.54) is 0 Å². The first kappa shape index (κ1) is 25.7. The summed E-state index contributed by atoms with van der Waals surface area (Å²) >= 11 is 0. The first-order chi connectivity index (χ1) is 14.6. The molecule has 2 N–H and O–H groups in total. The third-order valence-electron chi connectivity index (χ3n) is 5.17. The van der Waals surface area contributed by atoms with Crippen LogP contribution in [0.5, 0.6) is 0 Å². The summed E-state index contributed by atoms with van der Waals surface area (Å²) in [6.07, 6.45) is 0.157. The zero-order valence-corrected chi connectivity index (χ0v) is 20.9. The van der Waals surface area contributed by atoms with Gasteiger partial charge >= 0.3 is 6.09 Å². The van der Waals surface area contributed by atoms with Crippen molar-refractivity contribution in [1.82, 2.24) is 15.5 Å². The van der Waals surface area contributed by atoms with E-state index in [9.17, 15) is 14.4 Å². The number of amides is 3. The minimum Gasteiger partial charge on any atom is -0.444 e. The summed E-state index contributed by atoms with van der Waals surface area (Å²) < 4.78 is 5.31. The Morgan fingerprint density at radius 1 is 1.12 bits per heavy atom. The Morgan fingerprint density at radius 3 is 2.19 bits per heavy atom. The molecule has 1 aromatic carbocycles. The molecule has 0 spiro atoms. The van der Waals surface area contributed by atoms with Crippen molar-refractivity contribution in [3.8, 4) is 0 Å². The summed E-state index contributed by atoms with van der Waals surface area (Å²) in [4.78, 5) is 41.0. The average molecular weight is 446 g/mol. The van der Waals surface area contributed by atoms with Crippen LogP contribution < -0.4 is 10.6 Å². The smallest absolute Gasteiger partial charge is 0.408 e. The number of carbonyl (C=O) groups is 3. The monoisotopic (exact) mass is 445 g/mol. The maximum absolute atomic E-state index is 13.6. The van der Waals surface area contributed by atoms with Gasteiger partial charge in [0.25, 0.3) is 0 Å². The van der Waals surface area contributed by atoms with Gasteiger partial charge in [-0.1, -0.05) is 36.8 Å². The van der Waals surface area contributed by atoms with Gasteiger partial charge in [-0.3, -0.25) is 9.59 Å². The van der Waals surface area contributed by atoms with E-state index in [1.54, 1.807) is 32.6 Å². The summed E-state index contributed by atoms with van der Waals surface area (Å²) in [6, 6.07) is 5.96. The number of hydrogen-bond acceptors (Lipinski definition) is 4. The Bertz CT molecular complexity index is 853. The van der Waals surface area contributed by atoms with Gasteiger partial charge in [0.2, 0.25) is 11.8 Å². The standard InChI is InChI=1S/C25H39N3O4/c1-15-11-10-12-18(13-15)20(21(29)27-24(4,5)6)28(19-14-16(19)2)22(30)17(3)26-23(31)32-25(7,8)9/h10-13,16-17,19-20H,14H2,1-9H3,(H,26,31)(H,27,29). The maximum atomic E-state index is 13.6. The Labute approximate surface area is 192 Å². The molecule has 1 fully saturated rings. The van der Waals surface area contributed by atoms with E-state index >= 15 is 0 Å². The van der Waals surface area contributed by atoms with Crippen molar-refractivity contribution in [2.45, 2.75) is 98.0 Å². The van der Waals surface area contributed by atoms with Crippen LogP contribution >= 0.6 is 0 Å². The molecule has 0 heterocycles. The highest BCUT2D eigenvalue weighted by atomic mass is 16.6. The number of nitrogens with zero attached hydrogens (tertiary/aromatic N) is 1. The van der Waals surface area contributed by atoms with Crippen LogP contribution in [0.2, 0.25) is 0 Å². The molecule has 32 heavy (non-hydrogen) atoms. The number of nitrogens with one attached hydrogen (secondary N) is 2. The molecule has 1 aromatic rings. The molecule has 3 amide bonds. The normalized spacial score (nSPS) is 20.0. The molecule has 0 bridgehead atoms. The molecular formula is C25H39N3O4. The van der Waals surface area contributed by atoms with E-state index in [1.807, 2.05) is 52.0 Å². The molecular weight excluding hydrogens is 406 g/mol. The Morgan fingerprint density at radius 2 is 1.72 bits per heavy atom. The zero-order valence-electron chi connectivity index (χ0n) is 20.9. The summed E-state index contributed by atoms with van der Waals surface area (Å²) in [5, 5.41) is 5.67. The predicted octanol–water partition coefficient (Wildman–Crippen LogP) is 4.10. The molecule has 7 nitrogen and oxygen atoms in total. The van der Waals surface area contributed by atoms with Crippen molar-refractivity contribution >= 4 is 17.9 Å². The number of ether oxygens (including phenoxy) is 1. The number of alkyl carbamates (subject to hydrolysis) is 1. The highest BCUT2D eigenvalue weighted by molar-refractivity contribution is 5.92. The molecule has 1 saturated carbocycles. The van der Waals surface area contributed by atoms with Gasteiger partial charge in [-0.2, -0.15) is 0 Å². The Hall–Kier alpha value is -2.57. The summed E-state index contributed by atoms with van der Waals surface area (Å²) in [6.45, 7) is 16.7. The van der Waals surface area contributed by atoms with Crippen molar-refractivity contribution in [2.24, 2.45) is 5.92 Å². The van der Waals surface area contributed by atoms with Crippen molar-refractivity contribution in [1.29, 1.82) is 0 Å². The largest absolute Gasteiger partial charge is 0.444 e. The van der Waals surface area contributed by atoms with Crippen LogP contribution in [0.15, 0.2) is 24.3 Å². The van der Waals surface area contributed by atoms with Gasteiger partial charge in [0.15, 0.2) is 0 Å². The summed E-state index contributed by atoms with van der Waals surface area (Å²) in [5.41, 5.74) is 0.633. The molecule has 4 unspecified atom stereocenters. The van der Waals surface area contributed by atoms with E-state index < -0.39 is 29.3 Å². The fourth-order valence-electron chi connectivity index (χ4n) is 3.66. The van der Waals surface area contributed by atoms with Crippen LogP contribution in [0.3, 0.4) is 0 Å². The van der Waals surface area contributed by atoms with Crippen LogP contribution in [-0.4, -0.2) is 46.0 Å². The maximum Gasteiger partial charge on any atom is 0.408 e. The minimum absolute atomic E-state index is 0.0679. The van der Waals surface area contributed by atoms with Gasteiger partial charge in [0, 0.05) is 11.6 Å². The fraction of sp³-hybridized carbons (Fsp3) is 0.640. The van der Waals surface area contributed by atoms with Gasteiger partial charge in [-0.25, -0.2) is 4.79 Å². The molecule has 7 heteroatoms. The third-order valence-corrected chi connectivity index (χ3v) is 5.17. The second kappa shape index (κ2) is 9.51. The summed E-state index contributed by atoms with van der Waals surface area (Å²) in [5.74, 6) is -0.261. The van der Waals surface area contributed by atoms with E-state index in [0.717, 1.165) is 17.5 Å². The van der Waals surface area contributed by atoms with Gasteiger partial charge in [0.05, 0.1) is 0 Å². The first-order valence-electron chi connectivity index (χ1n) is 11.3. The van der Waals surface area contributed by atoms with Crippen molar-refractivity contribution in [2.75, 3.05) is 0 Å². The lowest BCUT2D eigenvalue weighted by Crippen LogP contribution is -2.54. The van der Waals surface area contributed by atoms with Gasteiger partial charge in [-0.05, 0) is 73.3 Å². The number of aryl methyl sites for hydroxylation is 1. The number of hydrogen-bond donors (Lipinski definition) is 2. The van der Waals surface area contributed by atoms with E-state index in [-0.39, 0.29) is 23.8 Å². The van der Waals surface area contributed by atoms with Crippen molar-refractivity contribution in [3.05, 3.63) is 35.4 Å². The second-order valence-electron chi connectivity index (χ2n) is 10.9. The van der Waals surface area contributed by atoms with Crippen LogP contribution in [0.4, 0.5) is 4.79 Å². The molecule has 1 aliphatic carbocycles. The zero-order chi connectivity index (χ0) is 24.4. The van der Waals surface area contributed by atoms with E-state index in [0.29, 0.717) is 0 Å². The second-order valence-corrected chi connectivity index (χ2v) is 10.9. The molecule has 0 aliphatic heterocycles. The van der Waals surface area contributed by atoms with Crippen LogP contribution in [0.25, 0.3) is 0 Å². The van der Waals surface area contributed by atoms with Crippen molar-refractivity contribution < 1.29 is 19.1 Å². The van der Waals surface area contributed by atoms with Crippen LogP contribution in [-0.2, 0) is 14.3 Å². The molecule has 1 aliphatic rings. The summed E-state index contributed by atoms with van der Waals surface area (Å²) in [7, 11) is 0. The van der Waals surface area contributed by atoms with Gasteiger partial charge in [0.1, 0.15) is 17.7 Å². The SMILES string of the molecule is Cc1cccc(C(C(=O)NC(C)(C)C)N(C(=O)C(C)NC(=O)OC(C)(C)C)C2CC2C)c1.